The van der Waals surface area contributed by atoms with Crippen molar-refractivity contribution in [3.63, 3.8) is 0 Å². The Hall–Kier alpha value is -6.79. The summed E-state index contributed by atoms with van der Waals surface area (Å²) in [6.45, 7) is 0. The van der Waals surface area contributed by atoms with Crippen molar-refractivity contribution < 1.29 is 0 Å². The Morgan fingerprint density at radius 2 is 1.21 bits per heavy atom. The van der Waals surface area contributed by atoms with Gasteiger partial charge in [-0.1, -0.05) is 140 Å². The lowest BCUT2D eigenvalue weighted by Crippen LogP contribution is -2.21. The smallest absolute Gasteiger partial charge is 0.145 e. The van der Waals surface area contributed by atoms with Gasteiger partial charge in [-0.2, -0.15) is 0 Å². The van der Waals surface area contributed by atoms with Crippen LogP contribution in [0, 0.1) is 0 Å². The van der Waals surface area contributed by atoms with Gasteiger partial charge in [-0.3, -0.25) is 4.99 Å². The number of benzene rings is 9. The van der Waals surface area contributed by atoms with Gasteiger partial charge in [0.25, 0.3) is 0 Å². The molecule has 3 nitrogen and oxygen atoms in total. The zero-order valence-corrected chi connectivity index (χ0v) is 32.2. The van der Waals surface area contributed by atoms with Crippen LogP contribution < -0.4 is 5.32 Å². The molecule has 0 saturated heterocycles. The van der Waals surface area contributed by atoms with Gasteiger partial charge in [-0.05, 0) is 58.1 Å². The van der Waals surface area contributed by atoms with Gasteiger partial charge >= 0.3 is 0 Å². The Morgan fingerprint density at radius 3 is 2.09 bits per heavy atom. The fourth-order valence-corrected chi connectivity index (χ4v) is 11.9. The number of nitrogens with zero attached hydrogens (tertiary/aromatic N) is 2. The molecule has 0 bridgehead atoms. The van der Waals surface area contributed by atoms with E-state index in [9.17, 15) is 0 Å². The van der Waals surface area contributed by atoms with Gasteiger partial charge in [0.2, 0.25) is 0 Å². The molecule has 57 heavy (non-hydrogen) atoms. The summed E-state index contributed by atoms with van der Waals surface area (Å²) in [5, 5.41) is 16.8. The van der Waals surface area contributed by atoms with Crippen molar-refractivity contribution in [1.29, 1.82) is 0 Å². The van der Waals surface area contributed by atoms with Crippen molar-refractivity contribution in [2.24, 2.45) is 4.99 Å². The Kier molecular flexibility index (Phi) is 6.54. The van der Waals surface area contributed by atoms with Crippen LogP contribution in [0.1, 0.15) is 22.9 Å². The van der Waals surface area contributed by atoms with Crippen molar-refractivity contribution in [3.05, 3.63) is 193 Å². The number of hydrogen-bond acceptors (Lipinski definition) is 4. The maximum atomic E-state index is 5.41. The normalized spacial score (nSPS) is 14.4. The van der Waals surface area contributed by atoms with Crippen LogP contribution in [0.2, 0.25) is 0 Å². The molecule has 5 heteroatoms. The molecular formula is C52H31N3S2. The Bertz CT molecular complexity index is 3680. The Labute approximate surface area is 335 Å². The molecule has 0 spiro atoms. The second-order valence-corrected chi connectivity index (χ2v) is 17.2. The molecule has 0 aliphatic carbocycles. The van der Waals surface area contributed by atoms with Crippen LogP contribution >= 0.6 is 22.7 Å². The number of fused-ring (bicyclic) bond motifs is 16. The quantitative estimate of drug-likeness (QED) is 0.191. The van der Waals surface area contributed by atoms with E-state index in [0.717, 1.165) is 28.1 Å². The highest BCUT2D eigenvalue weighted by Crippen LogP contribution is 2.48. The van der Waals surface area contributed by atoms with E-state index >= 15 is 0 Å². The van der Waals surface area contributed by atoms with Crippen LogP contribution in [0.3, 0.4) is 0 Å². The molecule has 0 amide bonds. The fourth-order valence-electron chi connectivity index (χ4n) is 9.46. The predicted molar refractivity (Wildman–Crippen MR) is 246 cm³/mol. The van der Waals surface area contributed by atoms with E-state index in [1.165, 1.54) is 89.4 Å². The maximum Gasteiger partial charge on any atom is 0.145 e. The minimum absolute atomic E-state index is 0.222. The molecule has 1 aliphatic rings. The molecule has 0 fully saturated rings. The molecule has 9 aromatic carbocycles. The first-order valence-corrected chi connectivity index (χ1v) is 21.0. The van der Waals surface area contributed by atoms with Gasteiger partial charge < -0.3 is 9.88 Å². The second-order valence-electron chi connectivity index (χ2n) is 15.1. The lowest BCUT2D eigenvalue weighted by molar-refractivity contribution is 0.832. The van der Waals surface area contributed by atoms with Crippen molar-refractivity contribution in [3.8, 4) is 5.69 Å². The minimum atomic E-state index is -0.222. The average Bonchev–Trinajstić information content (AvgIpc) is 3.96. The number of nitrogens with one attached hydrogen (secondary N) is 1. The highest BCUT2D eigenvalue weighted by molar-refractivity contribution is 7.27. The van der Waals surface area contributed by atoms with Gasteiger partial charge in [-0.15, -0.1) is 22.7 Å². The summed E-state index contributed by atoms with van der Waals surface area (Å²) in [6, 6.07) is 64.4. The van der Waals surface area contributed by atoms with Gasteiger partial charge in [-0.25, -0.2) is 0 Å². The van der Waals surface area contributed by atoms with E-state index in [-0.39, 0.29) is 6.17 Å². The van der Waals surface area contributed by atoms with Crippen molar-refractivity contribution >= 4 is 118 Å². The Balaban J connectivity index is 1.01. The Morgan fingerprint density at radius 1 is 0.491 bits per heavy atom. The first-order chi connectivity index (χ1) is 28.3. The summed E-state index contributed by atoms with van der Waals surface area (Å²) in [5.41, 5.74) is 9.28. The standard InChI is InChI=1S/C52H31N3S2/c1-2-13-31(14-3-1)48-40-26-22-30-12-4-5-15-34(30)49(40)54-52(53-48)32-23-25-35-41-29-33(24-27-44(41)56-45(35)28-32)55-42-20-10-8-18-38(42)46-36-16-6-7-17-37(36)47-39-19-9-11-21-43(39)57-51(47)50(46)55/h1-29,52,54H. The lowest BCUT2D eigenvalue weighted by atomic mass is 9.94. The highest BCUT2D eigenvalue weighted by atomic mass is 32.1. The molecule has 3 aromatic heterocycles. The van der Waals surface area contributed by atoms with Crippen LogP contribution in [0.5, 0.6) is 0 Å². The van der Waals surface area contributed by atoms with Crippen molar-refractivity contribution in [1.82, 2.24) is 4.57 Å². The zero-order valence-electron chi connectivity index (χ0n) is 30.5. The molecule has 4 heterocycles. The van der Waals surface area contributed by atoms with Crippen molar-refractivity contribution in [2.75, 3.05) is 5.32 Å². The van der Waals surface area contributed by atoms with Crippen LogP contribution in [-0.2, 0) is 0 Å². The first kappa shape index (κ1) is 31.4. The number of thiophene rings is 2. The predicted octanol–water partition coefficient (Wildman–Crippen LogP) is 14.8. The average molecular weight is 762 g/mol. The molecule has 0 radical (unpaired) electrons. The van der Waals surface area contributed by atoms with Crippen LogP contribution in [0.15, 0.2) is 181 Å². The molecule has 1 aliphatic heterocycles. The molecular weight excluding hydrogens is 731 g/mol. The SMILES string of the molecule is c1ccc(C2=NC(c3ccc4c(c3)sc3ccc(-n5c6ccccc6c6c7ccccc7c7c8ccccc8sc7c65)cc34)Nc3c2ccc2ccccc32)cc1. The largest absolute Gasteiger partial charge is 0.359 e. The zero-order chi connectivity index (χ0) is 37.2. The van der Waals surface area contributed by atoms with Gasteiger partial charge in [0.15, 0.2) is 0 Å². The van der Waals surface area contributed by atoms with Crippen LogP contribution in [-0.4, -0.2) is 10.3 Å². The topological polar surface area (TPSA) is 29.3 Å². The molecule has 1 unspecified atom stereocenters. The minimum Gasteiger partial charge on any atom is -0.359 e. The first-order valence-electron chi connectivity index (χ1n) is 19.4. The van der Waals surface area contributed by atoms with E-state index in [1.54, 1.807) is 0 Å². The third kappa shape index (κ3) is 4.49. The summed E-state index contributed by atoms with van der Waals surface area (Å²) in [6.07, 6.45) is -0.222. The van der Waals surface area contributed by atoms with Crippen molar-refractivity contribution in [2.45, 2.75) is 6.17 Å². The number of hydrogen-bond donors (Lipinski definition) is 1. The van der Waals surface area contributed by atoms with Crippen LogP contribution in [0.25, 0.3) is 89.4 Å². The molecule has 266 valence electrons. The third-order valence-corrected chi connectivity index (χ3v) is 14.3. The van der Waals surface area contributed by atoms with E-state index in [4.69, 9.17) is 4.99 Å². The summed E-state index contributed by atoms with van der Waals surface area (Å²) >= 11 is 3.77. The monoisotopic (exact) mass is 761 g/mol. The van der Waals surface area contributed by atoms with E-state index < -0.39 is 0 Å². The van der Waals surface area contributed by atoms with E-state index in [1.807, 2.05) is 22.7 Å². The second kappa shape index (κ2) is 11.9. The lowest BCUT2D eigenvalue weighted by Gasteiger charge is -2.27. The molecule has 1 atom stereocenters. The number of rotatable bonds is 3. The summed E-state index contributed by atoms with van der Waals surface area (Å²) in [7, 11) is 0. The third-order valence-electron chi connectivity index (χ3n) is 12.0. The summed E-state index contributed by atoms with van der Waals surface area (Å²) in [5.74, 6) is 0. The fraction of sp³-hybridized carbons (Fsp3) is 0.0192. The van der Waals surface area contributed by atoms with Gasteiger partial charge in [0.05, 0.1) is 27.1 Å². The molecule has 13 rings (SSSR count). The van der Waals surface area contributed by atoms with Crippen LogP contribution in [0.4, 0.5) is 5.69 Å². The van der Waals surface area contributed by atoms with E-state index in [0.29, 0.717) is 0 Å². The summed E-state index contributed by atoms with van der Waals surface area (Å²) < 4.78 is 7.74. The number of anilines is 1. The molecule has 1 N–H and O–H groups in total. The van der Waals surface area contributed by atoms with E-state index in [2.05, 4.69) is 186 Å². The number of aliphatic imine (C=N–C) groups is 1. The number of para-hydroxylation sites is 1. The molecule has 12 aromatic rings. The highest BCUT2D eigenvalue weighted by Gasteiger charge is 2.26. The van der Waals surface area contributed by atoms with Gasteiger partial charge in [0, 0.05) is 68.6 Å². The maximum absolute atomic E-state index is 5.41. The molecule has 0 saturated carbocycles. The van der Waals surface area contributed by atoms with Gasteiger partial charge in [0.1, 0.15) is 6.17 Å². The number of aromatic nitrogens is 1. The summed E-state index contributed by atoms with van der Waals surface area (Å²) in [4.78, 5) is 5.41.